The summed E-state index contributed by atoms with van der Waals surface area (Å²) < 4.78 is 1.98. The van der Waals surface area contributed by atoms with E-state index in [9.17, 15) is 0 Å². The number of rotatable bonds is 3. The van der Waals surface area contributed by atoms with Gasteiger partial charge in [-0.1, -0.05) is 11.6 Å². The zero-order chi connectivity index (χ0) is 13.4. The first-order valence-corrected chi connectivity index (χ1v) is 7.21. The highest BCUT2D eigenvalue weighted by atomic mass is 35.5. The van der Waals surface area contributed by atoms with Crippen LogP contribution in [0, 0.1) is 6.92 Å². The Morgan fingerprint density at radius 3 is 2.95 bits per heavy atom. The average Bonchev–Trinajstić information content (AvgIpc) is 2.90. The van der Waals surface area contributed by atoms with Gasteiger partial charge in [0.25, 0.3) is 0 Å². The summed E-state index contributed by atoms with van der Waals surface area (Å²) in [6.07, 6.45) is 0.840. The van der Waals surface area contributed by atoms with E-state index >= 15 is 0 Å². The molecule has 0 saturated carbocycles. The van der Waals surface area contributed by atoms with E-state index in [0.717, 1.165) is 34.7 Å². The number of thiazole rings is 1. The second kappa shape index (κ2) is 4.83. The Balaban J connectivity index is 1.91. The molecule has 3 aromatic rings. The van der Waals surface area contributed by atoms with Gasteiger partial charge >= 0.3 is 0 Å². The van der Waals surface area contributed by atoms with Crippen LogP contribution in [0.5, 0.6) is 0 Å². The molecule has 0 atom stereocenters. The number of hydrogen-bond acceptors (Lipinski definition) is 4. The maximum absolute atomic E-state index is 6.03. The molecule has 2 aromatic heterocycles. The Kier molecular flexibility index (Phi) is 3.16. The van der Waals surface area contributed by atoms with Crippen LogP contribution in [0.2, 0.25) is 5.02 Å². The molecule has 0 fully saturated rings. The van der Waals surface area contributed by atoms with Crippen molar-refractivity contribution < 1.29 is 0 Å². The molecule has 0 radical (unpaired) electrons. The number of fused-ring (bicyclic) bond motifs is 1. The number of benzene rings is 1. The van der Waals surface area contributed by atoms with Gasteiger partial charge in [0.15, 0.2) is 0 Å². The number of hydrogen-bond donors (Lipinski definition) is 1. The van der Waals surface area contributed by atoms with Gasteiger partial charge in [-0.2, -0.15) is 0 Å². The van der Waals surface area contributed by atoms with Crippen molar-refractivity contribution in [1.82, 2.24) is 14.5 Å². The monoisotopic (exact) mass is 292 g/mol. The maximum Gasteiger partial charge on any atom is 0.201 e. The molecule has 2 N–H and O–H groups in total. The lowest BCUT2D eigenvalue weighted by molar-refractivity contribution is 0.715. The largest absolute Gasteiger partial charge is 0.369 e. The van der Waals surface area contributed by atoms with Crippen molar-refractivity contribution in [2.45, 2.75) is 19.9 Å². The summed E-state index contributed by atoms with van der Waals surface area (Å²) in [6, 6.07) is 5.61. The average molecular weight is 293 g/mol. The topological polar surface area (TPSA) is 56.7 Å². The Hall–Kier alpha value is -1.59. The Bertz CT molecular complexity index is 731. The number of nitrogen functional groups attached to an aromatic ring is 1. The fourth-order valence-corrected chi connectivity index (χ4v) is 2.91. The highest BCUT2D eigenvalue weighted by Crippen LogP contribution is 2.22. The maximum atomic E-state index is 6.03. The Morgan fingerprint density at radius 1 is 1.37 bits per heavy atom. The Morgan fingerprint density at radius 2 is 2.21 bits per heavy atom. The summed E-state index contributed by atoms with van der Waals surface area (Å²) in [7, 11) is 0. The van der Waals surface area contributed by atoms with Gasteiger partial charge in [0.2, 0.25) is 5.95 Å². The van der Waals surface area contributed by atoms with Crippen LogP contribution in [0.3, 0.4) is 0 Å². The van der Waals surface area contributed by atoms with E-state index in [1.54, 1.807) is 11.3 Å². The lowest BCUT2D eigenvalue weighted by Gasteiger charge is -2.05. The molecular formula is C13H13ClN4S. The van der Waals surface area contributed by atoms with Gasteiger partial charge in [-0.3, -0.25) is 0 Å². The van der Waals surface area contributed by atoms with Crippen molar-refractivity contribution in [2.75, 3.05) is 5.73 Å². The van der Waals surface area contributed by atoms with Crippen LogP contribution in [0.25, 0.3) is 11.0 Å². The van der Waals surface area contributed by atoms with Crippen LogP contribution in [0.1, 0.15) is 10.7 Å². The number of anilines is 1. The second-order valence-corrected chi connectivity index (χ2v) is 5.86. The van der Waals surface area contributed by atoms with Crippen molar-refractivity contribution in [3.8, 4) is 0 Å². The van der Waals surface area contributed by atoms with Crippen LogP contribution in [0.15, 0.2) is 23.6 Å². The predicted molar refractivity (Wildman–Crippen MR) is 79.7 cm³/mol. The van der Waals surface area contributed by atoms with Crippen molar-refractivity contribution in [3.05, 3.63) is 39.3 Å². The van der Waals surface area contributed by atoms with Gasteiger partial charge in [0.1, 0.15) is 0 Å². The summed E-state index contributed by atoms with van der Waals surface area (Å²) in [5.74, 6) is 0.518. The molecule has 0 aliphatic rings. The van der Waals surface area contributed by atoms with E-state index in [1.165, 1.54) is 0 Å². The standard InChI is InChI=1S/C13H13ClN4S/c1-8-16-10(7-19-8)4-5-18-12-6-9(14)2-3-11(12)17-13(18)15/h2-3,6-7H,4-5H2,1H3,(H2,15,17). The normalized spacial score (nSPS) is 11.3. The smallest absolute Gasteiger partial charge is 0.201 e. The second-order valence-electron chi connectivity index (χ2n) is 4.36. The highest BCUT2D eigenvalue weighted by Gasteiger charge is 2.09. The van der Waals surface area contributed by atoms with Crippen molar-refractivity contribution in [1.29, 1.82) is 0 Å². The van der Waals surface area contributed by atoms with E-state index in [4.69, 9.17) is 17.3 Å². The van der Waals surface area contributed by atoms with E-state index < -0.39 is 0 Å². The predicted octanol–water partition coefficient (Wildman–Crippen LogP) is 3.28. The van der Waals surface area contributed by atoms with Crippen LogP contribution in [-0.2, 0) is 13.0 Å². The minimum Gasteiger partial charge on any atom is -0.369 e. The minimum atomic E-state index is 0.518. The van der Waals surface area contributed by atoms with Gasteiger partial charge in [-0.05, 0) is 25.1 Å². The minimum absolute atomic E-state index is 0.518. The molecule has 3 rings (SSSR count). The molecule has 0 bridgehead atoms. The zero-order valence-corrected chi connectivity index (χ0v) is 12.0. The lowest BCUT2D eigenvalue weighted by atomic mass is 10.3. The molecule has 0 aliphatic carbocycles. The first-order valence-electron chi connectivity index (χ1n) is 5.96. The summed E-state index contributed by atoms with van der Waals surface area (Å²) in [5, 5.41) is 3.86. The number of aryl methyl sites for hydroxylation is 3. The number of halogens is 1. The quantitative estimate of drug-likeness (QED) is 0.806. The van der Waals surface area contributed by atoms with E-state index in [0.29, 0.717) is 11.0 Å². The molecule has 19 heavy (non-hydrogen) atoms. The van der Waals surface area contributed by atoms with Gasteiger partial charge in [0.05, 0.1) is 21.7 Å². The third kappa shape index (κ3) is 2.43. The van der Waals surface area contributed by atoms with E-state index in [1.807, 2.05) is 29.7 Å². The van der Waals surface area contributed by atoms with Crippen molar-refractivity contribution in [3.63, 3.8) is 0 Å². The summed E-state index contributed by atoms with van der Waals surface area (Å²) in [4.78, 5) is 8.79. The summed E-state index contributed by atoms with van der Waals surface area (Å²) >= 11 is 7.69. The van der Waals surface area contributed by atoms with Crippen LogP contribution < -0.4 is 5.73 Å². The van der Waals surface area contributed by atoms with Gasteiger partial charge in [-0.15, -0.1) is 11.3 Å². The van der Waals surface area contributed by atoms with Crippen LogP contribution >= 0.6 is 22.9 Å². The fourth-order valence-electron chi connectivity index (χ4n) is 2.10. The lowest BCUT2D eigenvalue weighted by Crippen LogP contribution is -2.05. The first kappa shape index (κ1) is 12.4. The van der Waals surface area contributed by atoms with Gasteiger partial charge < -0.3 is 10.3 Å². The van der Waals surface area contributed by atoms with E-state index in [2.05, 4.69) is 15.3 Å². The molecule has 0 aliphatic heterocycles. The first-order chi connectivity index (χ1) is 9.13. The molecule has 0 amide bonds. The number of nitrogens with two attached hydrogens (primary N) is 1. The zero-order valence-electron chi connectivity index (χ0n) is 10.4. The Labute approximate surface area is 119 Å². The van der Waals surface area contributed by atoms with Crippen LogP contribution in [-0.4, -0.2) is 14.5 Å². The van der Waals surface area contributed by atoms with Crippen molar-refractivity contribution in [2.24, 2.45) is 0 Å². The SMILES string of the molecule is Cc1nc(CCn2c(N)nc3ccc(Cl)cc32)cs1. The number of aromatic nitrogens is 3. The molecule has 0 spiro atoms. The molecule has 6 heteroatoms. The van der Waals surface area contributed by atoms with Crippen molar-refractivity contribution >= 4 is 39.9 Å². The molecular weight excluding hydrogens is 280 g/mol. The molecule has 0 unspecified atom stereocenters. The molecule has 0 saturated heterocycles. The number of imidazole rings is 1. The fraction of sp³-hybridized carbons (Fsp3) is 0.231. The van der Waals surface area contributed by atoms with Crippen LogP contribution in [0.4, 0.5) is 5.95 Å². The van der Waals surface area contributed by atoms with E-state index in [-0.39, 0.29) is 0 Å². The molecule has 98 valence electrons. The summed E-state index contributed by atoms with van der Waals surface area (Å²) in [6.45, 7) is 2.76. The third-order valence-electron chi connectivity index (χ3n) is 3.00. The molecule has 1 aromatic carbocycles. The molecule has 2 heterocycles. The van der Waals surface area contributed by atoms with Gasteiger partial charge in [0, 0.05) is 23.4 Å². The highest BCUT2D eigenvalue weighted by molar-refractivity contribution is 7.09. The summed E-state index contributed by atoms with van der Waals surface area (Å²) in [5.41, 5.74) is 8.89. The third-order valence-corrected chi connectivity index (χ3v) is 4.06. The van der Waals surface area contributed by atoms with Gasteiger partial charge in [-0.25, -0.2) is 9.97 Å². The number of nitrogens with zero attached hydrogens (tertiary/aromatic N) is 3. The molecule has 4 nitrogen and oxygen atoms in total.